The minimum absolute atomic E-state index is 0.0169. The minimum atomic E-state index is -5.04. The van der Waals surface area contributed by atoms with E-state index in [0.29, 0.717) is 27.5 Å². The van der Waals surface area contributed by atoms with Crippen LogP contribution in [-0.4, -0.2) is 42.5 Å². The van der Waals surface area contributed by atoms with E-state index in [4.69, 9.17) is 42.1 Å². The maximum absolute atomic E-state index is 14.4. The molecule has 0 saturated heterocycles. The number of benzene rings is 3. The number of ether oxygens (including phenoxy) is 4. The molecule has 2 heterocycles. The molecule has 0 fully saturated rings. The van der Waals surface area contributed by atoms with Crippen LogP contribution < -0.4 is 24.4 Å². The highest BCUT2D eigenvalue weighted by atomic mass is 35.5. The monoisotopic (exact) mass is 748 g/mol. The number of thiazole rings is 1. The van der Waals surface area contributed by atoms with Gasteiger partial charge in [-0.2, -0.15) is 13.2 Å². The van der Waals surface area contributed by atoms with Gasteiger partial charge in [-0.05, 0) is 79.9 Å². The molecule has 0 amide bonds. The number of halogens is 5. The molecule has 262 valence electrons. The first-order chi connectivity index (χ1) is 23.9. The van der Waals surface area contributed by atoms with Gasteiger partial charge >= 0.3 is 18.1 Å². The van der Waals surface area contributed by atoms with Crippen molar-refractivity contribution < 1.29 is 41.7 Å². The number of hydrogen-bond acceptors (Lipinski definition) is 9. The summed E-state index contributed by atoms with van der Waals surface area (Å²) in [4.78, 5) is 42.5. The second-order valence-corrected chi connectivity index (χ2v) is 12.4. The molecule has 0 N–H and O–H groups in total. The first-order valence-electron chi connectivity index (χ1n) is 15.3. The van der Waals surface area contributed by atoms with E-state index in [2.05, 4.69) is 4.99 Å². The zero-order valence-corrected chi connectivity index (χ0v) is 29.1. The molecule has 5 rings (SSSR count). The lowest BCUT2D eigenvalue weighted by atomic mass is 9.95. The first-order valence-corrected chi connectivity index (χ1v) is 16.8. The van der Waals surface area contributed by atoms with Crippen LogP contribution in [0.4, 0.5) is 13.2 Å². The van der Waals surface area contributed by atoms with Crippen LogP contribution in [0.3, 0.4) is 0 Å². The summed E-state index contributed by atoms with van der Waals surface area (Å²) in [5.74, 6) is -1.22. The molecular formula is C35H29Cl2F3N2O7S. The van der Waals surface area contributed by atoms with Crippen molar-refractivity contribution in [3.8, 4) is 11.5 Å². The molecule has 0 bridgehead atoms. The van der Waals surface area contributed by atoms with Gasteiger partial charge < -0.3 is 18.9 Å². The van der Waals surface area contributed by atoms with Crippen LogP contribution in [-0.2, 0) is 20.9 Å². The van der Waals surface area contributed by atoms with E-state index in [1.165, 1.54) is 43.3 Å². The van der Waals surface area contributed by atoms with Crippen molar-refractivity contribution in [2.75, 3.05) is 19.8 Å². The van der Waals surface area contributed by atoms with E-state index >= 15 is 0 Å². The Morgan fingerprint density at radius 2 is 1.58 bits per heavy atom. The van der Waals surface area contributed by atoms with Gasteiger partial charge in [-0.15, -0.1) is 0 Å². The Bertz CT molecular complexity index is 2130. The van der Waals surface area contributed by atoms with Crippen LogP contribution in [0.2, 0.25) is 10.0 Å². The van der Waals surface area contributed by atoms with Crippen molar-refractivity contribution in [3.63, 3.8) is 0 Å². The molecule has 0 radical (unpaired) electrons. The van der Waals surface area contributed by atoms with Gasteiger partial charge in [0.25, 0.3) is 5.56 Å². The van der Waals surface area contributed by atoms with Crippen LogP contribution in [0.15, 0.2) is 81.7 Å². The van der Waals surface area contributed by atoms with Crippen LogP contribution in [0.5, 0.6) is 11.5 Å². The molecule has 0 spiro atoms. The van der Waals surface area contributed by atoms with Gasteiger partial charge in [-0.1, -0.05) is 58.8 Å². The van der Waals surface area contributed by atoms with Gasteiger partial charge in [0.05, 0.1) is 46.6 Å². The summed E-state index contributed by atoms with van der Waals surface area (Å²) in [6, 6.07) is 14.0. The fourth-order valence-corrected chi connectivity index (χ4v) is 6.53. The molecule has 9 nitrogen and oxygen atoms in total. The maximum atomic E-state index is 14.4. The number of nitrogens with zero attached hydrogens (tertiary/aromatic N) is 2. The zero-order valence-electron chi connectivity index (χ0n) is 26.8. The lowest BCUT2D eigenvalue weighted by molar-refractivity contribution is -0.140. The quantitative estimate of drug-likeness (QED) is 0.155. The third kappa shape index (κ3) is 7.90. The second kappa shape index (κ2) is 15.5. The van der Waals surface area contributed by atoms with E-state index in [0.717, 1.165) is 10.1 Å². The Labute approximate surface area is 297 Å². The molecule has 1 atom stereocenters. The molecule has 50 heavy (non-hydrogen) atoms. The predicted octanol–water partition coefficient (Wildman–Crippen LogP) is 6.80. The van der Waals surface area contributed by atoms with Gasteiger partial charge in [0, 0.05) is 5.02 Å². The van der Waals surface area contributed by atoms with Crippen molar-refractivity contribution in [2.24, 2.45) is 4.99 Å². The van der Waals surface area contributed by atoms with Crippen LogP contribution in [0.1, 0.15) is 53.9 Å². The molecular weight excluding hydrogens is 720 g/mol. The molecule has 1 aliphatic heterocycles. The molecule has 15 heteroatoms. The number of allylic oxidation sites excluding steroid dienone is 1. The third-order valence-corrected chi connectivity index (χ3v) is 8.77. The molecule has 1 aliphatic rings. The van der Waals surface area contributed by atoms with E-state index < -0.39 is 41.0 Å². The van der Waals surface area contributed by atoms with Gasteiger partial charge in [0.1, 0.15) is 6.61 Å². The van der Waals surface area contributed by atoms with E-state index in [1.807, 2.05) is 0 Å². The number of alkyl halides is 3. The largest absolute Gasteiger partial charge is 0.490 e. The number of rotatable bonds is 11. The van der Waals surface area contributed by atoms with Crippen molar-refractivity contribution >= 4 is 52.6 Å². The lowest BCUT2D eigenvalue weighted by Crippen LogP contribution is -2.41. The van der Waals surface area contributed by atoms with E-state index in [-0.39, 0.29) is 57.8 Å². The summed E-state index contributed by atoms with van der Waals surface area (Å²) in [6.07, 6.45) is -3.60. The standard InChI is InChI=1S/C35H29Cl2F3N2O7S/c1-4-46-25-16-20(15-24(37)29(25)49-18-19-7-9-22(10-8-19)32(44)47-5-2)17-26-31(43)42-28(21-11-13-23(36)14-12-21)27(33(45)48-6-3)30(35(38,39)40)41-34(42)50-26/h7-17,28H,4-6,18H2,1-3H3/b26-17-/t28-/m0/s1. The first kappa shape index (κ1) is 36.7. The summed E-state index contributed by atoms with van der Waals surface area (Å²) >= 11 is 13.4. The lowest BCUT2D eigenvalue weighted by Gasteiger charge is -2.26. The fourth-order valence-electron chi connectivity index (χ4n) is 5.13. The summed E-state index contributed by atoms with van der Waals surface area (Å²) in [7, 11) is 0. The van der Waals surface area contributed by atoms with E-state index in [9.17, 15) is 27.6 Å². The second-order valence-electron chi connectivity index (χ2n) is 10.6. The molecule has 3 aromatic carbocycles. The van der Waals surface area contributed by atoms with Crippen molar-refractivity contribution in [3.05, 3.63) is 124 Å². The summed E-state index contributed by atoms with van der Waals surface area (Å²) < 4.78 is 66.1. The average molecular weight is 750 g/mol. The Balaban J connectivity index is 1.57. The highest BCUT2D eigenvalue weighted by Gasteiger charge is 2.45. The number of fused-ring (bicyclic) bond motifs is 1. The number of hydrogen-bond donors (Lipinski definition) is 0. The number of aromatic nitrogens is 1. The highest BCUT2D eigenvalue weighted by molar-refractivity contribution is 7.07. The van der Waals surface area contributed by atoms with E-state index in [1.54, 1.807) is 44.2 Å². The molecule has 0 unspecified atom stereocenters. The topological polar surface area (TPSA) is 105 Å². The Morgan fingerprint density at radius 1 is 0.920 bits per heavy atom. The normalized spacial score (nSPS) is 14.6. The minimum Gasteiger partial charge on any atom is -0.490 e. The SMILES string of the molecule is CCOC(=O)C1=C(C(F)(F)F)N=c2s/c(=C\c3cc(Cl)c(OCc4ccc(C(=O)OCC)cc4)c(OCC)c3)c(=O)n2[C@H]1c1ccc(Cl)cc1. The Morgan fingerprint density at radius 3 is 2.20 bits per heavy atom. The summed E-state index contributed by atoms with van der Waals surface area (Å²) in [6.45, 7) is 5.31. The number of carbonyl (C=O) groups excluding carboxylic acids is 2. The summed E-state index contributed by atoms with van der Waals surface area (Å²) in [5, 5.41) is 0.446. The smallest absolute Gasteiger partial charge is 0.434 e. The average Bonchev–Trinajstić information content (AvgIpc) is 3.38. The molecule has 0 aliphatic carbocycles. The number of carbonyl (C=O) groups is 2. The molecule has 4 aromatic rings. The Kier molecular flexibility index (Phi) is 11.4. The van der Waals surface area contributed by atoms with Crippen molar-refractivity contribution in [1.82, 2.24) is 4.57 Å². The Hall–Kier alpha value is -4.59. The van der Waals surface area contributed by atoms with Crippen LogP contribution in [0, 0.1) is 0 Å². The molecule has 0 saturated carbocycles. The van der Waals surface area contributed by atoms with Gasteiger partial charge in [0.15, 0.2) is 22.0 Å². The summed E-state index contributed by atoms with van der Waals surface area (Å²) in [5.41, 5.74) is -1.26. The van der Waals surface area contributed by atoms with Gasteiger partial charge in [-0.25, -0.2) is 14.6 Å². The molecule has 1 aromatic heterocycles. The van der Waals surface area contributed by atoms with Crippen molar-refractivity contribution in [2.45, 2.75) is 39.6 Å². The van der Waals surface area contributed by atoms with Gasteiger partial charge in [-0.3, -0.25) is 9.36 Å². The van der Waals surface area contributed by atoms with Gasteiger partial charge in [0.2, 0.25) is 0 Å². The highest BCUT2D eigenvalue weighted by Crippen LogP contribution is 2.39. The van der Waals surface area contributed by atoms with Crippen LogP contribution in [0.25, 0.3) is 6.08 Å². The fraction of sp³-hybridized carbons (Fsp3) is 0.257. The third-order valence-electron chi connectivity index (χ3n) is 7.26. The van der Waals surface area contributed by atoms with Crippen LogP contribution >= 0.6 is 34.5 Å². The zero-order chi connectivity index (χ0) is 36.2. The maximum Gasteiger partial charge on any atom is 0.434 e. The number of esters is 2. The van der Waals surface area contributed by atoms with Crippen molar-refractivity contribution in [1.29, 1.82) is 0 Å². The predicted molar refractivity (Wildman–Crippen MR) is 182 cm³/mol.